The quantitative estimate of drug-likeness (QED) is 0.420. The first-order valence-electron chi connectivity index (χ1n) is 11.2. The number of carbonyl (C=O) groups is 1. The average Bonchev–Trinajstić information content (AvgIpc) is 3.38. The van der Waals surface area contributed by atoms with Crippen LogP contribution in [0.15, 0.2) is 48.5 Å². The van der Waals surface area contributed by atoms with Crippen molar-refractivity contribution in [2.24, 2.45) is 0 Å². The topological polar surface area (TPSA) is 41.4 Å². The van der Waals surface area contributed by atoms with E-state index in [9.17, 15) is 9.18 Å². The molecule has 0 bridgehead atoms. The molecule has 1 aliphatic rings. The van der Waals surface area contributed by atoms with Gasteiger partial charge < -0.3 is 9.80 Å². The van der Waals surface area contributed by atoms with Crippen LogP contribution in [0.1, 0.15) is 32.1 Å². The van der Waals surface area contributed by atoms with Gasteiger partial charge in [0.15, 0.2) is 0 Å². The van der Waals surface area contributed by atoms with E-state index in [1.54, 1.807) is 12.1 Å². The van der Waals surface area contributed by atoms with Crippen molar-refractivity contribution in [1.82, 2.24) is 14.7 Å². The number of aryl methyl sites for hydroxylation is 2. The highest BCUT2D eigenvalue weighted by Gasteiger charge is 2.25. The Labute approximate surface area is 197 Å². The molecule has 4 aromatic rings. The summed E-state index contributed by atoms with van der Waals surface area (Å²) in [7, 11) is 0. The summed E-state index contributed by atoms with van der Waals surface area (Å²) in [4.78, 5) is 19.4. The van der Waals surface area contributed by atoms with Crippen LogP contribution in [0, 0.1) is 26.6 Å². The largest absolute Gasteiger partial charge is 0.368 e. The zero-order valence-corrected chi connectivity index (χ0v) is 20.0. The summed E-state index contributed by atoms with van der Waals surface area (Å²) in [5, 5.41) is 5.65. The van der Waals surface area contributed by atoms with E-state index in [1.165, 1.54) is 40.3 Å². The van der Waals surface area contributed by atoms with E-state index < -0.39 is 0 Å². The van der Waals surface area contributed by atoms with Crippen LogP contribution in [0.2, 0.25) is 0 Å². The van der Waals surface area contributed by atoms with Gasteiger partial charge in [0.1, 0.15) is 10.6 Å². The van der Waals surface area contributed by atoms with Crippen molar-refractivity contribution in [2.45, 2.75) is 27.3 Å². The van der Waals surface area contributed by atoms with Crippen molar-refractivity contribution in [3.8, 4) is 0 Å². The van der Waals surface area contributed by atoms with Gasteiger partial charge in [-0.3, -0.25) is 9.48 Å². The number of carbonyl (C=O) groups excluding carboxylic acids is 1. The molecule has 1 fully saturated rings. The van der Waals surface area contributed by atoms with Gasteiger partial charge in [-0.2, -0.15) is 5.10 Å². The van der Waals surface area contributed by atoms with Gasteiger partial charge in [0, 0.05) is 37.3 Å². The molecule has 0 saturated carbocycles. The highest BCUT2D eigenvalue weighted by Crippen LogP contribution is 2.30. The Kier molecular flexibility index (Phi) is 5.66. The van der Waals surface area contributed by atoms with Crippen LogP contribution in [0.4, 0.5) is 10.1 Å². The fraction of sp³-hybridized carbons (Fsp3) is 0.308. The molecular formula is C26H27FN4OS. The van der Waals surface area contributed by atoms with Crippen molar-refractivity contribution >= 4 is 33.1 Å². The molecule has 170 valence electrons. The fourth-order valence-electron chi connectivity index (χ4n) is 4.47. The third-order valence-corrected chi connectivity index (χ3v) is 7.68. The highest BCUT2D eigenvalue weighted by atomic mass is 32.1. The number of amides is 1. The van der Waals surface area contributed by atoms with Gasteiger partial charge in [-0.25, -0.2) is 4.39 Å². The van der Waals surface area contributed by atoms with E-state index in [1.807, 2.05) is 22.6 Å². The lowest BCUT2D eigenvalue weighted by Gasteiger charge is -2.36. The smallest absolute Gasteiger partial charge is 0.264 e. The number of fused-ring (bicyclic) bond motifs is 1. The minimum absolute atomic E-state index is 0.0875. The zero-order chi connectivity index (χ0) is 23.1. The second-order valence-corrected chi connectivity index (χ2v) is 9.73. The summed E-state index contributed by atoms with van der Waals surface area (Å²) >= 11 is 1.49. The molecule has 1 saturated heterocycles. The maximum Gasteiger partial charge on any atom is 0.264 e. The van der Waals surface area contributed by atoms with Gasteiger partial charge in [-0.1, -0.05) is 24.3 Å². The van der Waals surface area contributed by atoms with Gasteiger partial charge in [0.25, 0.3) is 5.91 Å². The first kappa shape index (κ1) is 21.6. The van der Waals surface area contributed by atoms with E-state index in [-0.39, 0.29) is 11.7 Å². The maximum atomic E-state index is 13.3. The second kappa shape index (κ2) is 8.63. The predicted octanol–water partition coefficient (Wildman–Crippen LogP) is 5.17. The molecule has 33 heavy (non-hydrogen) atoms. The molecule has 0 N–H and O–H groups in total. The number of anilines is 1. The van der Waals surface area contributed by atoms with Gasteiger partial charge in [0.2, 0.25) is 0 Å². The first-order chi connectivity index (χ1) is 15.9. The van der Waals surface area contributed by atoms with E-state index >= 15 is 0 Å². The number of nitrogens with zero attached hydrogens (tertiary/aromatic N) is 4. The van der Waals surface area contributed by atoms with E-state index in [4.69, 9.17) is 0 Å². The lowest BCUT2D eigenvalue weighted by molar-refractivity contribution is 0.0751. The summed E-state index contributed by atoms with van der Waals surface area (Å²) in [6.45, 7) is 9.90. The SMILES string of the molecule is Cc1cccc(N2CCN(C(=O)c3cc4c(C)nn(Cc5ccc(F)cc5)c4s3)CC2)c1C. The number of piperazine rings is 1. The van der Waals surface area contributed by atoms with Crippen LogP contribution >= 0.6 is 11.3 Å². The van der Waals surface area contributed by atoms with Crippen molar-refractivity contribution < 1.29 is 9.18 Å². The van der Waals surface area contributed by atoms with E-state index in [0.717, 1.165) is 39.4 Å². The molecule has 0 spiro atoms. The number of hydrogen-bond acceptors (Lipinski definition) is 4. The third-order valence-electron chi connectivity index (χ3n) is 6.55. The van der Waals surface area contributed by atoms with Crippen LogP contribution in [0.3, 0.4) is 0 Å². The molecule has 3 heterocycles. The van der Waals surface area contributed by atoms with Crippen molar-refractivity contribution in [1.29, 1.82) is 0 Å². The van der Waals surface area contributed by atoms with Crippen molar-refractivity contribution in [2.75, 3.05) is 31.1 Å². The van der Waals surface area contributed by atoms with Crippen LogP contribution in [0.25, 0.3) is 10.2 Å². The first-order valence-corrected chi connectivity index (χ1v) is 12.0. The van der Waals surface area contributed by atoms with Crippen LogP contribution in [-0.4, -0.2) is 46.8 Å². The van der Waals surface area contributed by atoms with Gasteiger partial charge in [-0.15, -0.1) is 11.3 Å². The molecular weight excluding hydrogens is 435 g/mol. The van der Waals surface area contributed by atoms with Crippen LogP contribution in [-0.2, 0) is 6.54 Å². The van der Waals surface area contributed by atoms with E-state index in [0.29, 0.717) is 19.6 Å². The van der Waals surface area contributed by atoms with Crippen molar-refractivity contribution in [3.63, 3.8) is 0 Å². The molecule has 7 heteroatoms. The van der Waals surface area contributed by atoms with Crippen LogP contribution in [0.5, 0.6) is 0 Å². The Balaban J connectivity index is 1.32. The zero-order valence-electron chi connectivity index (χ0n) is 19.1. The molecule has 0 radical (unpaired) electrons. The normalized spacial score (nSPS) is 14.3. The average molecular weight is 463 g/mol. The Morgan fingerprint density at radius 1 is 1.03 bits per heavy atom. The minimum Gasteiger partial charge on any atom is -0.368 e. The summed E-state index contributed by atoms with van der Waals surface area (Å²) in [6, 6.07) is 14.8. The fourth-order valence-corrected chi connectivity index (χ4v) is 5.60. The van der Waals surface area contributed by atoms with Gasteiger partial charge >= 0.3 is 0 Å². The number of benzene rings is 2. The summed E-state index contributed by atoms with van der Waals surface area (Å²) in [6.07, 6.45) is 0. The number of halogens is 1. The maximum absolute atomic E-state index is 13.3. The molecule has 5 nitrogen and oxygen atoms in total. The van der Waals surface area contributed by atoms with E-state index in [2.05, 4.69) is 42.0 Å². The Hall–Kier alpha value is -3.19. The standard InChI is InChI=1S/C26H27FN4OS/c1-17-5-4-6-23(18(17)2)29-11-13-30(14-12-29)25(32)24-15-22-19(3)28-31(26(22)33-24)16-20-7-9-21(27)10-8-20/h4-10,15H,11-14,16H2,1-3H3. The summed E-state index contributed by atoms with van der Waals surface area (Å²) < 4.78 is 15.2. The second-order valence-electron chi connectivity index (χ2n) is 8.70. The molecule has 2 aromatic carbocycles. The number of aromatic nitrogens is 2. The summed E-state index contributed by atoms with van der Waals surface area (Å²) in [5.74, 6) is -0.160. The van der Waals surface area contributed by atoms with Crippen LogP contribution < -0.4 is 4.90 Å². The predicted molar refractivity (Wildman–Crippen MR) is 132 cm³/mol. The Morgan fingerprint density at radius 3 is 2.48 bits per heavy atom. The molecule has 0 unspecified atom stereocenters. The number of thiophene rings is 1. The Morgan fingerprint density at radius 2 is 1.76 bits per heavy atom. The molecule has 2 aromatic heterocycles. The molecule has 0 aliphatic carbocycles. The lowest BCUT2D eigenvalue weighted by Crippen LogP contribution is -2.48. The number of hydrogen-bond donors (Lipinski definition) is 0. The van der Waals surface area contributed by atoms with Gasteiger partial charge in [0.05, 0.1) is 17.1 Å². The molecule has 1 aliphatic heterocycles. The number of rotatable bonds is 4. The Bertz CT molecular complexity index is 1320. The third kappa shape index (κ3) is 4.13. The lowest BCUT2D eigenvalue weighted by atomic mass is 10.1. The molecule has 0 atom stereocenters. The van der Waals surface area contributed by atoms with Crippen molar-refractivity contribution in [3.05, 3.63) is 81.6 Å². The minimum atomic E-state index is -0.248. The molecule has 5 rings (SSSR count). The highest BCUT2D eigenvalue weighted by molar-refractivity contribution is 7.20. The van der Waals surface area contributed by atoms with Gasteiger partial charge in [-0.05, 0) is 61.7 Å². The molecule has 1 amide bonds. The monoisotopic (exact) mass is 462 g/mol. The summed E-state index contributed by atoms with van der Waals surface area (Å²) in [5.41, 5.74) is 5.75.